The molecule has 1 amide bonds. The summed E-state index contributed by atoms with van der Waals surface area (Å²) in [6.45, 7) is 4.64. The van der Waals surface area contributed by atoms with Gasteiger partial charge >= 0.3 is 0 Å². The van der Waals surface area contributed by atoms with Crippen molar-refractivity contribution in [3.8, 4) is 0 Å². The quantitative estimate of drug-likeness (QED) is 0.0374. The van der Waals surface area contributed by atoms with E-state index in [4.69, 9.17) is 9.05 Å². The first-order chi connectivity index (χ1) is 23.5. The van der Waals surface area contributed by atoms with Crippen LogP contribution in [0.5, 0.6) is 0 Å². The number of phosphoric ester groups is 1. The minimum absolute atomic E-state index is 0.0150. The van der Waals surface area contributed by atoms with Gasteiger partial charge in [0.1, 0.15) is 13.2 Å². The number of carbonyl (C=O) groups excluding carboxylic acids is 1. The normalized spacial score (nSPS) is 14.5. The highest BCUT2D eigenvalue weighted by molar-refractivity contribution is 7.45. The molecule has 2 N–H and O–H groups in total. The molecular formula is C40H83N2O6P. The number of aliphatic hydroxyl groups is 1. The number of likely N-dealkylation sites (N-methyl/N-ethyl adjacent to an activating group) is 1. The lowest BCUT2D eigenvalue weighted by atomic mass is 10.0. The number of amides is 1. The van der Waals surface area contributed by atoms with Gasteiger partial charge in [0.15, 0.2) is 0 Å². The molecule has 0 fully saturated rings. The van der Waals surface area contributed by atoms with E-state index in [-0.39, 0.29) is 19.1 Å². The zero-order valence-corrected chi connectivity index (χ0v) is 34.1. The molecule has 0 aromatic carbocycles. The van der Waals surface area contributed by atoms with E-state index < -0.39 is 20.0 Å². The molecule has 0 saturated carbocycles. The Morgan fingerprint density at radius 3 is 1.39 bits per heavy atom. The lowest BCUT2D eigenvalue weighted by Gasteiger charge is -2.30. The van der Waals surface area contributed by atoms with Crippen molar-refractivity contribution in [2.24, 2.45) is 0 Å². The van der Waals surface area contributed by atoms with Crippen LogP contribution in [0.1, 0.15) is 200 Å². The van der Waals surface area contributed by atoms with Gasteiger partial charge in [-0.2, -0.15) is 0 Å². The van der Waals surface area contributed by atoms with E-state index in [0.717, 1.165) is 51.4 Å². The molecule has 294 valence electrons. The third-order valence-corrected chi connectivity index (χ3v) is 10.6. The molecule has 9 heteroatoms. The van der Waals surface area contributed by atoms with Gasteiger partial charge in [0, 0.05) is 6.42 Å². The van der Waals surface area contributed by atoms with Crippen molar-refractivity contribution in [3.63, 3.8) is 0 Å². The van der Waals surface area contributed by atoms with Crippen molar-refractivity contribution < 1.29 is 32.9 Å². The maximum atomic E-state index is 12.6. The van der Waals surface area contributed by atoms with Crippen molar-refractivity contribution in [3.05, 3.63) is 0 Å². The van der Waals surface area contributed by atoms with Crippen molar-refractivity contribution in [2.75, 3.05) is 40.9 Å². The van der Waals surface area contributed by atoms with E-state index in [9.17, 15) is 19.4 Å². The largest absolute Gasteiger partial charge is 0.756 e. The van der Waals surface area contributed by atoms with E-state index in [1.54, 1.807) is 0 Å². The number of hydrogen-bond donors (Lipinski definition) is 2. The first-order valence-electron chi connectivity index (χ1n) is 20.9. The number of phosphoric acid groups is 1. The molecule has 0 aliphatic carbocycles. The van der Waals surface area contributed by atoms with Gasteiger partial charge in [-0.15, -0.1) is 0 Å². The Balaban J connectivity index is 4.07. The Morgan fingerprint density at radius 2 is 1.00 bits per heavy atom. The van der Waals surface area contributed by atoms with E-state index >= 15 is 0 Å². The Morgan fingerprint density at radius 1 is 0.633 bits per heavy atom. The summed E-state index contributed by atoms with van der Waals surface area (Å²) in [6, 6.07) is -0.790. The van der Waals surface area contributed by atoms with E-state index in [1.165, 1.54) is 122 Å². The summed E-state index contributed by atoms with van der Waals surface area (Å²) in [5.41, 5.74) is 0. The Kier molecular flexibility index (Phi) is 33.0. The third-order valence-electron chi connectivity index (χ3n) is 9.60. The van der Waals surface area contributed by atoms with Gasteiger partial charge < -0.3 is 28.8 Å². The van der Waals surface area contributed by atoms with Crippen LogP contribution in [-0.2, 0) is 18.4 Å². The fourth-order valence-electron chi connectivity index (χ4n) is 6.22. The molecule has 0 rings (SSSR count). The van der Waals surface area contributed by atoms with Crippen LogP contribution in [0.2, 0.25) is 0 Å². The molecule has 0 aromatic rings. The SMILES string of the molecule is CCCCCCCCCCCCCCCCCCCCCCCCC(O)C(COP(=O)([O-])OCC[N+](C)(C)C)NC(=O)CCCCCCC. The maximum absolute atomic E-state index is 12.6. The fourth-order valence-corrected chi connectivity index (χ4v) is 6.94. The highest BCUT2D eigenvalue weighted by Gasteiger charge is 2.24. The van der Waals surface area contributed by atoms with Crippen LogP contribution in [-0.4, -0.2) is 68.5 Å². The molecule has 0 aliphatic rings. The molecule has 3 unspecified atom stereocenters. The van der Waals surface area contributed by atoms with Gasteiger partial charge in [-0.05, 0) is 12.8 Å². The minimum Gasteiger partial charge on any atom is -0.756 e. The first kappa shape index (κ1) is 48.5. The van der Waals surface area contributed by atoms with Gasteiger partial charge in [0.2, 0.25) is 5.91 Å². The first-order valence-corrected chi connectivity index (χ1v) is 22.3. The van der Waals surface area contributed by atoms with Crippen LogP contribution in [0.3, 0.4) is 0 Å². The molecule has 0 bridgehead atoms. The van der Waals surface area contributed by atoms with Gasteiger partial charge in [-0.3, -0.25) is 9.36 Å². The second kappa shape index (κ2) is 33.3. The van der Waals surface area contributed by atoms with Crippen LogP contribution in [0.4, 0.5) is 0 Å². The summed E-state index contributed by atoms with van der Waals surface area (Å²) in [4.78, 5) is 25.0. The predicted octanol–water partition coefficient (Wildman–Crippen LogP) is 10.4. The van der Waals surface area contributed by atoms with Gasteiger partial charge in [0.25, 0.3) is 7.82 Å². The maximum Gasteiger partial charge on any atom is 0.268 e. The summed E-state index contributed by atoms with van der Waals surface area (Å²) < 4.78 is 23.1. The summed E-state index contributed by atoms with van der Waals surface area (Å²) >= 11 is 0. The number of carbonyl (C=O) groups is 1. The molecule has 0 heterocycles. The highest BCUT2D eigenvalue weighted by Crippen LogP contribution is 2.38. The van der Waals surface area contributed by atoms with Gasteiger partial charge in [-0.25, -0.2) is 0 Å². The number of quaternary nitrogens is 1. The molecular weight excluding hydrogens is 635 g/mol. The van der Waals surface area contributed by atoms with Crippen molar-refractivity contribution in [1.29, 1.82) is 0 Å². The Bertz CT molecular complexity index is 778. The average molecular weight is 719 g/mol. The average Bonchev–Trinajstić information content (AvgIpc) is 3.04. The van der Waals surface area contributed by atoms with Gasteiger partial charge in [0.05, 0.1) is 39.9 Å². The lowest BCUT2D eigenvalue weighted by Crippen LogP contribution is -2.46. The van der Waals surface area contributed by atoms with E-state index in [0.29, 0.717) is 23.9 Å². The summed E-state index contributed by atoms with van der Waals surface area (Å²) in [5.74, 6) is -0.176. The smallest absolute Gasteiger partial charge is 0.268 e. The predicted molar refractivity (Wildman–Crippen MR) is 206 cm³/mol. The monoisotopic (exact) mass is 719 g/mol. The minimum atomic E-state index is -4.54. The zero-order valence-electron chi connectivity index (χ0n) is 33.2. The zero-order chi connectivity index (χ0) is 36.5. The van der Waals surface area contributed by atoms with Crippen LogP contribution in [0.25, 0.3) is 0 Å². The van der Waals surface area contributed by atoms with Crippen LogP contribution in [0.15, 0.2) is 0 Å². The molecule has 0 spiro atoms. The molecule has 0 radical (unpaired) electrons. The molecule has 0 aromatic heterocycles. The van der Waals surface area contributed by atoms with E-state index in [2.05, 4.69) is 19.2 Å². The molecule has 3 atom stereocenters. The van der Waals surface area contributed by atoms with Crippen LogP contribution < -0.4 is 10.2 Å². The van der Waals surface area contributed by atoms with E-state index in [1.807, 2.05) is 21.1 Å². The summed E-state index contributed by atoms with van der Waals surface area (Å²) in [6.07, 6.45) is 34.4. The van der Waals surface area contributed by atoms with Crippen LogP contribution >= 0.6 is 7.82 Å². The number of nitrogens with zero attached hydrogens (tertiary/aromatic N) is 1. The molecule has 8 nitrogen and oxygen atoms in total. The molecule has 0 saturated heterocycles. The fraction of sp³-hybridized carbons (Fsp3) is 0.975. The molecule has 49 heavy (non-hydrogen) atoms. The topological polar surface area (TPSA) is 108 Å². The second-order valence-electron chi connectivity index (χ2n) is 15.7. The summed E-state index contributed by atoms with van der Waals surface area (Å²) in [7, 11) is 1.31. The van der Waals surface area contributed by atoms with Gasteiger partial charge in [-0.1, -0.05) is 181 Å². The second-order valence-corrected chi connectivity index (χ2v) is 17.1. The van der Waals surface area contributed by atoms with Crippen molar-refractivity contribution in [2.45, 2.75) is 212 Å². The van der Waals surface area contributed by atoms with Crippen molar-refractivity contribution in [1.82, 2.24) is 5.32 Å². The lowest BCUT2D eigenvalue weighted by molar-refractivity contribution is -0.870. The Labute approximate surface area is 304 Å². The summed E-state index contributed by atoms with van der Waals surface area (Å²) in [5, 5.41) is 13.8. The molecule has 0 aliphatic heterocycles. The number of rotatable bonds is 38. The number of nitrogens with one attached hydrogen (secondary N) is 1. The third kappa shape index (κ3) is 35.7. The number of unbranched alkanes of at least 4 members (excludes halogenated alkanes) is 25. The van der Waals surface area contributed by atoms with Crippen molar-refractivity contribution >= 4 is 13.7 Å². The number of hydrogen-bond acceptors (Lipinski definition) is 6. The van der Waals surface area contributed by atoms with Crippen LogP contribution in [0, 0.1) is 0 Å². The Hall–Kier alpha value is -0.500. The highest BCUT2D eigenvalue weighted by atomic mass is 31.2. The number of aliphatic hydroxyl groups excluding tert-OH is 1. The standard InChI is InChI=1S/C40H83N2O6P/c1-6-8-10-12-13-14-15-16-17-18-19-20-21-22-23-24-25-26-27-28-30-31-33-39(43)38(41-40(44)34-32-29-11-9-7-2)37-48-49(45,46)47-36-35-42(3,4)5/h38-39,43H,6-37H2,1-5H3,(H-,41,44,45,46).